The molecule has 6 rings (SSSR count). The second kappa shape index (κ2) is 5.30. The Balaban J connectivity index is 1.76. The Kier molecular flexibility index (Phi) is 3.29. The quantitative estimate of drug-likeness (QED) is 0.432. The van der Waals surface area contributed by atoms with Crippen LogP contribution in [0.25, 0.3) is 16.7 Å². The van der Waals surface area contributed by atoms with Gasteiger partial charge in [-0.2, -0.15) is 0 Å². The minimum Gasteiger partial charge on any atom is -0.297 e. The van der Waals surface area contributed by atoms with Gasteiger partial charge in [0.1, 0.15) is 12.1 Å². The summed E-state index contributed by atoms with van der Waals surface area (Å²) >= 11 is 9.73. The van der Waals surface area contributed by atoms with Crippen molar-refractivity contribution in [1.82, 2.24) is 9.55 Å². The Bertz CT molecular complexity index is 973. The zero-order chi connectivity index (χ0) is 16.4. The number of hydrogen-bond donors (Lipinski definition) is 0. The van der Waals surface area contributed by atoms with E-state index in [2.05, 4.69) is 33.0 Å². The van der Waals surface area contributed by atoms with Gasteiger partial charge < -0.3 is 0 Å². The summed E-state index contributed by atoms with van der Waals surface area (Å²) in [6.45, 7) is 0. The molecule has 0 spiro atoms. The second-order valence-corrected chi connectivity index (χ2v) is 8.09. The van der Waals surface area contributed by atoms with E-state index in [9.17, 15) is 4.39 Å². The highest BCUT2D eigenvalue weighted by atomic mass is 79.9. The Hall–Kier alpha value is -1.39. The molecule has 0 atom stereocenters. The van der Waals surface area contributed by atoms with Crippen molar-refractivity contribution >= 4 is 38.6 Å². The molecule has 2 bridgehead atoms. The Morgan fingerprint density at radius 2 is 1.71 bits per heavy atom. The lowest BCUT2D eigenvalue weighted by Gasteiger charge is -2.38. The van der Waals surface area contributed by atoms with Gasteiger partial charge in [0.2, 0.25) is 0 Å². The van der Waals surface area contributed by atoms with E-state index in [1.54, 1.807) is 6.33 Å². The standard InChI is InChI=1S/C19H15BrClFN2/c20-15-5-12(22)6-18(19(15)21)24-9-23-16-7-13-10-1-3-11(4-2-10)14(13)8-17(16)24/h5-11H,1-4H2. The van der Waals surface area contributed by atoms with Crippen molar-refractivity contribution in [3.63, 3.8) is 0 Å². The summed E-state index contributed by atoms with van der Waals surface area (Å²) in [6, 6.07) is 7.33. The van der Waals surface area contributed by atoms with E-state index >= 15 is 0 Å². The maximum Gasteiger partial charge on any atom is 0.126 e. The normalized spacial score (nSPS) is 22.1. The molecule has 3 aliphatic carbocycles. The molecular weight excluding hydrogens is 391 g/mol. The minimum absolute atomic E-state index is 0.319. The number of fused-ring (bicyclic) bond motifs is 3. The van der Waals surface area contributed by atoms with E-state index in [1.807, 2.05) is 4.57 Å². The maximum atomic E-state index is 13.9. The lowest BCUT2D eigenvalue weighted by molar-refractivity contribution is 0.359. The number of aromatic nitrogens is 2. The van der Waals surface area contributed by atoms with Crippen LogP contribution in [-0.2, 0) is 0 Å². The van der Waals surface area contributed by atoms with Crippen LogP contribution in [0.3, 0.4) is 0 Å². The van der Waals surface area contributed by atoms with Gasteiger partial charge in [0.05, 0.1) is 21.7 Å². The van der Waals surface area contributed by atoms with Gasteiger partial charge in [-0.3, -0.25) is 4.57 Å². The van der Waals surface area contributed by atoms with Gasteiger partial charge in [-0.1, -0.05) is 11.6 Å². The molecule has 122 valence electrons. The molecular formula is C19H15BrClFN2. The van der Waals surface area contributed by atoms with Crippen LogP contribution in [-0.4, -0.2) is 9.55 Å². The average Bonchev–Trinajstić information content (AvgIpc) is 3.00. The van der Waals surface area contributed by atoms with Crippen LogP contribution >= 0.6 is 27.5 Å². The van der Waals surface area contributed by atoms with Crippen LogP contribution in [0, 0.1) is 5.82 Å². The molecule has 24 heavy (non-hydrogen) atoms. The predicted molar refractivity (Wildman–Crippen MR) is 97.7 cm³/mol. The van der Waals surface area contributed by atoms with Gasteiger partial charge in [0, 0.05) is 4.47 Å². The van der Waals surface area contributed by atoms with Crippen molar-refractivity contribution < 1.29 is 4.39 Å². The van der Waals surface area contributed by atoms with Gasteiger partial charge in [0.15, 0.2) is 0 Å². The third-order valence-corrected chi connectivity index (χ3v) is 6.84. The third kappa shape index (κ3) is 2.09. The van der Waals surface area contributed by atoms with Crippen molar-refractivity contribution in [2.45, 2.75) is 37.5 Å². The number of hydrogen-bond acceptors (Lipinski definition) is 1. The Morgan fingerprint density at radius 3 is 2.42 bits per heavy atom. The molecule has 2 nitrogen and oxygen atoms in total. The maximum absolute atomic E-state index is 13.9. The molecule has 0 saturated heterocycles. The van der Waals surface area contributed by atoms with E-state index in [0.29, 0.717) is 27.0 Å². The molecule has 1 heterocycles. The molecule has 3 aliphatic rings. The highest BCUT2D eigenvalue weighted by Gasteiger charge is 2.33. The second-order valence-electron chi connectivity index (χ2n) is 6.85. The molecule has 1 saturated carbocycles. The van der Waals surface area contributed by atoms with Crippen LogP contribution in [0.1, 0.15) is 48.6 Å². The average molecular weight is 406 g/mol. The first-order valence-electron chi connectivity index (χ1n) is 8.27. The van der Waals surface area contributed by atoms with Crippen LogP contribution < -0.4 is 0 Å². The zero-order valence-corrected chi connectivity index (χ0v) is 15.2. The summed E-state index contributed by atoms with van der Waals surface area (Å²) in [6.07, 6.45) is 6.90. The largest absolute Gasteiger partial charge is 0.297 e. The van der Waals surface area contributed by atoms with Crippen molar-refractivity contribution in [1.29, 1.82) is 0 Å². The van der Waals surface area contributed by atoms with E-state index in [-0.39, 0.29) is 5.82 Å². The highest BCUT2D eigenvalue weighted by Crippen LogP contribution is 2.50. The number of halogens is 3. The van der Waals surface area contributed by atoms with Crippen LogP contribution in [0.4, 0.5) is 4.39 Å². The van der Waals surface area contributed by atoms with Crippen molar-refractivity contribution in [3.05, 3.63) is 57.0 Å². The molecule has 2 aromatic carbocycles. The summed E-state index contributed by atoms with van der Waals surface area (Å²) in [5, 5.41) is 0.495. The molecule has 0 unspecified atom stereocenters. The topological polar surface area (TPSA) is 17.8 Å². The van der Waals surface area contributed by atoms with E-state index in [0.717, 1.165) is 11.0 Å². The molecule has 3 aromatic rings. The first kappa shape index (κ1) is 14.9. The number of nitrogens with zero attached hydrogens (tertiary/aromatic N) is 2. The lowest BCUT2D eigenvalue weighted by Crippen LogP contribution is -2.21. The first-order valence-corrected chi connectivity index (χ1v) is 9.44. The van der Waals surface area contributed by atoms with Crippen LogP contribution in [0.5, 0.6) is 0 Å². The SMILES string of the molecule is Fc1cc(Br)c(Cl)c(-n2cnc3cc4c(cc32)C2CCC4CC2)c1. The van der Waals surface area contributed by atoms with Crippen molar-refractivity contribution in [2.24, 2.45) is 0 Å². The molecule has 1 aromatic heterocycles. The van der Waals surface area contributed by atoms with Gasteiger partial charge in [-0.15, -0.1) is 0 Å². The predicted octanol–water partition coefficient (Wildman–Crippen LogP) is 6.34. The summed E-state index contributed by atoms with van der Waals surface area (Å²) in [4.78, 5) is 4.55. The number of imidazole rings is 1. The molecule has 0 amide bonds. The van der Waals surface area contributed by atoms with Crippen molar-refractivity contribution in [3.8, 4) is 5.69 Å². The van der Waals surface area contributed by atoms with Gasteiger partial charge >= 0.3 is 0 Å². The monoisotopic (exact) mass is 404 g/mol. The van der Waals surface area contributed by atoms with Crippen LogP contribution in [0.2, 0.25) is 5.02 Å². The fraction of sp³-hybridized carbons (Fsp3) is 0.316. The highest BCUT2D eigenvalue weighted by molar-refractivity contribution is 9.10. The Morgan fingerprint density at radius 1 is 1.04 bits per heavy atom. The molecule has 0 radical (unpaired) electrons. The van der Waals surface area contributed by atoms with Gasteiger partial charge in [0.25, 0.3) is 0 Å². The number of rotatable bonds is 1. The zero-order valence-electron chi connectivity index (χ0n) is 12.9. The fourth-order valence-electron chi connectivity index (χ4n) is 4.42. The molecule has 1 fully saturated rings. The van der Waals surface area contributed by atoms with Crippen LogP contribution in [0.15, 0.2) is 35.1 Å². The first-order chi connectivity index (χ1) is 11.6. The minimum atomic E-state index is -0.319. The lowest BCUT2D eigenvalue weighted by atomic mass is 9.67. The van der Waals surface area contributed by atoms with Gasteiger partial charge in [-0.05, 0) is 88.8 Å². The van der Waals surface area contributed by atoms with Gasteiger partial charge in [-0.25, -0.2) is 9.37 Å². The Labute approximate surface area is 152 Å². The van der Waals surface area contributed by atoms with E-state index < -0.39 is 0 Å². The van der Waals surface area contributed by atoms with E-state index in [4.69, 9.17) is 11.6 Å². The van der Waals surface area contributed by atoms with Crippen molar-refractivity contribution in [2.75, 3.05) is 0 Å². The summed E-state index contributed by atoms with van der Waals surface area (Å²) in [5.74, 6) is 1.03. The third-order valence-electron chi connectivity index (χ3n) is 5.59. The summed E-state index contributed by atoms with van der Waals surface area (Å²) in [5.41, 5.74) is 5.51. The smallest absolute Gasteiger partial charge is 0.126 e. The fourth-order valence-corrected chi connectivity index (χ4v) is 5.04. The molecule has 0 N–H and O–H groups in total. The summed E-state index contributed by atoms with van der Waals surface area (Å²) in [7, 11) is 0. The van der Waals surface area contributed by atoms with E-state index in [1.165, 1.54) is 48.9 Å². The molecule has 0 aliphatic heterocycles. The molecule has 5 heteroatoms. The number of benzene rings is 2. The summed E-state index contributed by atoms with van der Waals surface area (Å²) < 4.78 is 16.3.